The Morgan fingerprint density at radius 3 is 2.55 bits per heavy atom. The van der Waals surface area contributed by atoms with E-state index in [1.807, 2.05) is 12.1 Å². The number of Topliss-reactive ketones (excluding diaryl/α,β-unsaturated/α-hetero) is 1. The first kappa shape index (κ1) is 17.2. The first-order valence-corrected chi connectivity index (χ1v) is 11.1. The number of anilines is 1. The minimum absolute atomic E-state index is 0.197. The van der Waals surface area contributed by atoms with Gasteiger partial charge in [0.1, 0.15) is 0 Å². The van der Waals surface area contributed by atoms with Crippen LogP contribution in [0.25, 0.3) is 0 Å². The first-order valence-electron chi connectivity index (χ1n) is 8.21. The standard InChI is InChI=1S/C18H29NO2Si/c1-7-19-12-11-16(20)15-10-8-9-14(17(15)19)13-21-22(5,6)18(2,3)4/h8-10H,7,11-13H2,1-6H3. The third kappa shape index (κ3) is 3.28. The molecule has 4 heteroatoms. The van der Waals surface area contributed by atoms with E-state index < -0.39 is 8.32 Å². The lowest BCUT2D eigenvalue weighted by molar-refractivity contribution is 0.0980. The fourth-order valence-corrected chi connectivity index (χ4v) is 3.53. The summed E-state index contributed by atoms with van der Waals surface area (Å²) in [4.78, 5) is 14.5. The monoisotopic (exact) mass is 319 g/mol. The molecule has 0 unspecified atom stereocenters. The molecule has 22 heavy (non-hydrogen) atoms. The van der Waals surface area contributed by atoms with Crippen molar-refractivity contribution in [2.24, 2.45) is 0 Å². The molecule has 0 fully saturated rings. The second-order valence-corrected chi connectivity index (χ2v) is 12.4. The van der Waals surface area contributed by atoms with Gasteiger partial charge < -0.3 is 9.33 Å². The van der Waals surface area contributed by atoms with Crippen LogP contribution in [0.3, 0.4) is 0 Å². The van der Waals surface area contributed by atoms with Gasteiger partial charge in [-0.1, -0.05) is 32.9 Å². The fourth-order valence-electron chi connectivity index (χ4n) is 2.58. The summed E-state index contributed by atoms with van der Waals surface area (Å²) in [6, 6.07) is 6.04. The number of carbonyl (C=O) groups excluding carboxylic acids is 1. The molecular formula is C18H29NO2Si. The van der Waals surface area contributed by atoms with Crippen LogP contribution in [0.2, 0.25) is 18.1 Å². The number of benzene rings is 1. The molecule has 0 atom stereocenters. The highest BCUT2D eigenvalue weighted by Crippen LogP contribution is 2.38. The molecule has 0 spiro atoms. The van der Waals surface area contributed by atoms with Crippen LogP contribution in [0.4, 0.5) is 5.69 Å². The Labute approximate surface area is 135 Å². The molecule has 2 rings (SSSR count). The van der Waals surface area contributed by atoms with Crippen molar-refractivity contribution in [1.29, 1.82) is 0 Å². The Hall–Kier alpha value is -1.13. The van der Waals surface area contributed by atoms with Crippen LogP contribution in [0.15, 0.2) is 18.2 Å². The summed E-state index contributed by atoms with van der Waals surface area (Å²) in [5.41, 5.74) is 3.11. The van der Waals surface area contributed by atoms with E-state index in [1.165, 1.54) is 0 Å². The zero-order chi connectivity index (χ0) is 16.5. The molecule has 1 heterocycles. The zero-order valence-electron chi connectivity index (χ0n) is 14.8. The molecule has 0 radical (unpaired) electrons. The van der Waals surface area contributed by atoms with Gasteiger partial charge in [0, 0.05) is 30.6 Å². The minimum Gasteiger partial charge on any atom is -0.412 e. The normalized spacial score (nSPS) is 15.9. The second kappa shape index (κ2) is 6.17. The summed E-state index contributed by atoms with van der Waals surface area (Å²) < 4.78 is 6.38. The molecule has 1 aromatic carbocycles. The summed E-state index contributed by atoms with van der Waals surface area (Å²) in [6.07, 6.45) is 0.618. The van der Waals surface area contributed by atoms with E-state index >= 15 is 0 Å². The van der Waals surface area contributed by atoms with Gasteiger partial charge in [0.05, 0.1) is 12.3 Å². The molecule has 0 aromatic heterocycles. The van der Waals surface area contributed by atoms with E-state index in [0.29, 0.717) is 13.0 Å². The van der Waals surface area contributed by atoms with Crippen molar-refractivity contribution in [2.45, 2.75) is 58.9 Å². The Kier molecular flexibility index (Phi) is 4.83. The van der Waals surface area contributed by atoms with Crippen LogP contribution in [0.5, 0.6) is 0 Å². The van der Waals surface area contributed by atoms with Crippen molar-refractivity contribution in [3.8, 4) is 0 Å². The van der Waals surface area contributed by atoms with Crippen molar-refractivity contribution in [1.82, 2.24) is 0 Å². The lowest BCUT2D eigenvalue weighted by Crippen LogP contribution is -2.41. The van der Waals surface area contributed by atoms with Gasteiger partial charge in [0.15, 0.2) is 14.1 Å². The van der Waals surface area contributed by atoms with Gasteiger partial charge in [-0.15, -0.1) is 0 Å². The Balaban J connectivity index is 2.30. The maximum atomic E-state index is 12.2. The lowest BCUT2D eigenvalue weighted by Gasteiger charge is -2.37. The average Bonchev–Trinajstić information content (AvgIpc) is 2.44. The highest BCUT2D eigenvalue weighted by atomic mass is 28.4. The number of ketones is 1. The Bertz CT molecular complexity index is 561. The predicted molar refractivity (Wildman–Crippen MR) is 95.3 cm³/mol. The van der Waals surface area contributed by atoms with Gasteiger partial charge in [-0.25, -0.2) is 0 Å². The average molecular weight is 320 g/mol. The molecule has 0 saturated heterocycles. The Morgan fingerprint density at radius 1 is 1.27 bits per heavy atom. The molecule has 0 N–H and O–H groups in total. The molecule has 122 valence electrons. The number of carbonyl (C=O) groups is 1. The van der Waals surface area contributed by atoms with Gasteiger partial charge in [0.2, 0.25) is 0 Å². The number of nitrogens with zero attached hydrogens (tertiary/aromatic N) is 1. The third-order valence-corrected chi connectivity index (χ3v) is 9.60. The Morgan fingerprint density at radius 2 is 1.95 bits per heavy atom. The van der Waals surface area contributed by atoms with E-state index in [2.05, 4.69) is 51.8 Å². The number of hydrogen-bond donors (Lipinski definition) is 0. The van der Waals surface area contributed by atoms with Gasteiger partial charge >= 0.3 is 0 Å². The number of fused-ring (bicyclic) bond motifs is 1. The van der Waals surface area contributed by atoms with Crippen molar-refractivity contribution in [3.05, 3.63) is 29.3 Å². The van der Waals surface area contributed by atoms with Crippen molar-refractivity contribution in [2.75, 3.05) is 18.0 Å². The molecule has 0 bridgehead atoms. The third-order valence-electron chi connectivity index (χ3n) is 5.12. The number of hydrogen-bond acceptors (Lipinski definition) is 3. The highest BCUT2D eigenvalue weighted by Gasteiger charge is 2.37. The minimum atomic E-state index is -1.79. The first-order chi connectivity index (χ1) is 10.2. The smallest absolute Gasteiger partial charge is 0.192 e. The summed E-state index contributed by atoms with van der Waals surface area (Å²) in [6.45, 7) is 15.8. The predicted octanol–water partition coefficient (Wildman–Crippen LogP) is 4.62. The molecule has 1 aliphatic heterocycles. The van der Waals surface area contributed by atoms with Crippen LogP contribution in [0, 0.1) is 0 Å². The van der Waals surface area contributed by atoms with Gasteiger partial charge in [-0.05, 0) is 31.1 Å². The lowest BCUT2D eigenvalue weighted by atomic mass is 9.97. The van der Waals surface area contributed by atoms with Crippen molar-refractivity contribution in [3.63, 3.8) is 0 Å². The van der Waals surface area contributed by atoms with Crippen LogP contribution >= 0.6 is 0 Å². The van der Waals surface area contributed by atoms with E-state index in [1.54, 1.807) is 0 Å². The molecule has 0 aliphatic carbocycles. The quantitative estimate of drug-likeness (QED) is 0.758. The van der Waals surface area contributed by atoms with E-state index in [-0.39, 0.29) is 10.8 Å². The van der Waals surface area contributed by atoms with Gasteiger partial charge in [-0.3, -0.25) is 4.79 Å². The topological polar surface area (TPSA) is 29.5 Å². The number of para-hydroxylation sites is 1. The highest BCUT2D eigenvalue weighted by molar-refractivity contribution is 6.74. The molecule has 0 amide bonds. The maximum absolute atomic E-state index is 12.2. The molecule has 0 saturated carbocycles. The summed E-state index contributed by atoms with van der Waals surface area (Å²) in [7, 11) is -1.79. The number of rotatable bonds is 4. The maximum Gasteiger partial charge on any atom is 0.192 e. The fraction of sp³-hybridized carbons (Fsp3) is 0.611. The van der Waals surface area contributed by atoms with Crippen molar-refractivity contribution < 1.29 is 9.22 Å². The van der Waals surface area contributed by atoms with Crippen LogP contribution in [0.1, 0.15) is 50.0 Å². The van der Waals surface area contributed by atoms with E-state index in [4.69, 9.17) is 4.43 Å². The largest absolute Gasteiger partial charge is 0.412 e. The van der Waals surface area contributed by atoms with Crippen molar-refractivity contribution >= 4 is 19.8 Å². The summed E-state index contributed by atoms with van der Waals surface area (Å²) >= 11 is 0. The molecule has 1 aromatic rings. The zero-order valence-corrected chi connectivity index (χ0v) is 15.8. The van der Waals surface area contributed by atoms with Crippen LogP contribution < -0.4 is 4.90 Å². The molecular weight excluding hydrogens is 290 g/mol. The summed E-state index contributed by atoms with van der Waals surface area (Å²) in [5.74, 6) is 0.258. The van der Waals surface area contributed by atoms with Gasteiger partial charge in [0.25, 0.3) is 0 Å². The summed E-state index contributed by atoms with van der Waals surface area (Å²) in [5, 5.41) is 0.197. The van der Waals surface area contributed by atoms with E-state index in [9.17, 15) is 4.79 Å². The van der Waals surface area contributed by atoms with Gasteiger partial charge in [-0.2, -0.15) is 0 Å². The SMILES string of the molecule is CCN1CCC(=O)c2cccc(CO[Si](C)(C)C(C)(C)C)c21. The molecule has 3 nitrogen and oxygen atoms in total. The van der Waals surface area contributed by atoms with Crippen LogP contribution in [-0.2, 0) is 11.0 Å². The van der Waals surface area contributed by atoms with E-state index in [0.717, 1.165) is 29.9 Å². The second-order valence-electron chi connectivity index (χ2n) is 7.62. The molecule has 1 aliphatic rings. The van der Waals surface area contributed by atoms with Crippen LogP contribution in [-0.4, -0.2) is 27.2 Å².